The molecule has 0 heterocycles. The Bertz CT molecular complexity index is 238. The molecule has 0 bridgehead atoms. The number of hydrogen-bond acceptors (Lipinski definition) is 0. The Kier molecular flexibility index (Phi) is 3.67. The van der Waals surface area contributed by atoms with Gasteiger partial charge in [0.1, 0.15) is 0 Å². The average Bonchev–Trinajstić information content (AvgIpc) is 2.04. The standard InChI is InChI=1S/C11H17FSi/c1-13(2,12)10-6-9-11-7-4-3-5-8-11/h3-5,7-8H,6,9-10H2,1-2H3. The topological polar surface area (TPSA) is 0 Å². The van der Waals surface area contributed by atoms with Gasteiger partial charge in [0.25, 0.3) is 0 Å². The third kappa shape index (κ3) is 4.83. The summed E-state index contributed by atoms with van der Waals surface area (Å²) in [6.45, 7) is 3.55. The van der Waals surface area contributed by atoms with Gasteiger partial charge in [-0.2, -0.15) is 0 Å². The summed E-state index contributed by atoms with van der Waals surface area (Å²) in [4.78, 5) is 0. The molecule has 72 valence electrons. The number of rotatable bonds is 4. The number of benzene rings is 1. The average molecular weight is 196 g/mol. The Balaban J connectivity index is 2.29. The van der Waals surface area contributed by atoms with Crippen molar-refractivity contribution < 1.29 is 4.11 Å². The molecule has 0 aliphatic heterocycles. The quantitative estimate of drug-likeness (QED) is 0.507. The maximum absolute atomic E-state index is 13.2. The molecule has 0 aromatic heterocycles. The SMILES string of the molecule is C[Si](C)(F)CCCc1ccccc1. The molecule has 0 aliphatic rings. The van der Waals surface area contributed by atoms with E-state index in [1.165, 1.54) is 5.56 Å². The van der Waals surface area contributed by atoms with Gasteiger partial charge in [-0.1, -0.05) is 30.3 Å². The van der Waals surface area contributed by atoms with Gasteiger partial charge in [-0.15, -0.1) is 0 Å². The Morgan fingerprint density at radius 1 is 1.15 bits per heavy atom. The molecule has 13 heavy (non-hydrogen) atoms. The third-order valence-electron chi connectivity index (χ3n) is 2.08. The Hall–Kier alpha value is -0.633. The van der Waals surface area contributed by atoms with Crippen molar-refractivity contribution in [1.82, 2.24) is 0 Å². The van der Waals surface area contributed by atoms with E-state index in [9.17, 15) is 4.11 Å². The second kappa shape index (κ2) is 4.56. The first-order valence-electron chi connectivity index (χ1n) is 4.81. The third-order valence-corrected chi connectivity index (χ3v) is 3.62. The van der Waals surface area contributed by atoms with Crippen LogP contribution in [0.3, 0.4) is 0 Å². The highest BCUT2D eigenvalue weighted by atomic mass is 28.4. The Morgan fingerprint density at radius 2 is 1.77 bits per heavy atom. The van der Waals surface area contributed by atoms with E-state index in [1.807, 2.05) is 18.2 Å². The lowest BCUT2D eigenvalue weighted by molar-refractivity contribution is 0.758. The van der Waals surface area contributed by atoms with Gasteiger partial charge < -0.3 is 4.11 Å². The van der Waals surface area contributed by atoms with E-state index in [0.717, 1.165) is 18.9 Å². The van der Waals surface area contributed by atoms with Gasteiger partial charge in [-0.3, -0.25) is 0 Å². The molecule has 0 atom stereocenters. The summed E-state index contributed by atoms with van der Waals surface area (Å²) in [6.07, 6.45) is 2.00. The van der Waals surface area contributed by atoms with Crippen LogP contribution < -0.4 is 0 Å². The van der Waals surface area contributed by atoms with Crippen LogP contribution >= 0.6 is 0 Å². The van der Waals surface area contributed by atoms with Gasteiger partial charge in [0.15, 0.2) is 0 Å². The van der Waals surface area contributed by atoms with Crippen LogP contribution in [0.2, 0.25) is 19.1 Å². The summed E-state index contributed by atoms with van der Waals surface area (Å²) in [7, 11) is -2.31. The molecule has 2 heteroatoms. The first-order valence-corrected chi connectivity index (χ1v) is 7.89. The Morgan fingerprint density at radius 3 is 2.31 bits per heavy atom. The van der Waals surface area contributed by atoms with E-state index in [1.54, 1.807) is 13.1 Å². The lowest BCUT2D eigenvalue weighted by atomic mass is 10.1. The number of halogens is 1. The van der Waals surface area contributed by atoms with Crippen LogP contribution in [0, 0.1) is 0 Å². The van der Waals surface area contributed by atoms with Crippen molar-refractivity contribution in [2.45, 2.75) is 32.0 Å². The first-order chi connectivity index (χ1) is 6.08. The smallest absolute Gasteiger partial charge is 0.240 e. The zero-order chi connectivity index (χ0) is 9.73. The maximum atomic E-state index is 13.2. The molecule has 0 saturated heterocycles. The van der Waals surface area contributed by atoms with E-state index in [0.29, 0.717) is 0 Å². The zero-order valence-corrected chi connectivity index (χ0v) is 9.39. The van der Waals surface area contributed by atoms with Crippen molar-refractivity contribution in [3.05, 3.63) is 35.9 Å². The lowest BCUT2D eigenvalue weighted by Gasteiger charge is -2.09. The molecule has 0 saturated carbocycles. The highest BCUT2D eigenvalue weighted by Crippen LogP contribution is 2.15. The first kappa shape index (κ1) is 10.4. The fourth-order valence-corrected chi connectivity index (χ4v) is 2.38. The zero-order valence-electron chi connectivity index (χ0n) is 8.39. The molecule has 0 radical (unpaired) electrons. The minimum Gasteiger partial charge on any atom is -0.314 e. The van der Waals surface area contributed by atoms with E-state index in [-0.39, 0.29) is 0 Å². The molecule has 1 aromatic carbocycles. The largest absolute Gasteiger partial charge is 0.314 e. The van der Waals surface area contributed by atoms with Crippen LogP contribution in [0.5, 0.6) is 0 Å². The summed E-state index contributed by atoms with van der Waals surface area (Å²) in [5.74, 6) is 0. The van der Waals surface area contributed by atoms with E-state index < -0.39 is 8.41 Å². The lowest BCUT2D eigenvalue weighted by Crippen LogP contribution is -2.17. The summed E-state index contributed by atoms with van der Waals surface area (Å²) in [5.41, 5.74) is 1.32. The van der Waals surface area contributed by atoms with Crippen molar-refractivity contribution in [2.24, 2.45) is 0 Å². The fraction of sp³-hybridized carbons (Fsp3) is 0.455. The van der Waals surface area contributed by atoms with Crippen LogP contribution in [-0.2, 0) is 6.42 Å². The van der Waals surface area contributed by atoms with E-state index in [2.05, 4.69) is 12.1 Å². The molecule has 1 aromatic rings. The van der Waals surface area contributed by atoms with Gasteiger partial charge in [-0.25, -0.2) is 0 Å². The van der Waals surface area contributed by atoms with Crippen molar-refractivity contribution in [1.29, 1.82) is 0 Å². The maximum Gasteiger partial charge on any atom is 0.240 e. The summed E-state index contributed by atoms with van der Waals surface area (Å²) in [5, 5.41) is 0. The summed E-state index contributed by atoms with van der Waals surface area (Å²) < 4.78 is 13.2. The number of aryl methyl sites for hydroxylation is 1. The van der Waals surface area contributed by atoms with Crippen molar-refractivity contribution in [3.63, 3.8) is 0 Å². The molecule has 0 spiro atoms. The summed E-state index contributed by atoms with van der Waals surface area (Å²) >= 11 is 0. The molecule has 0 fully saturated rings. The molecule has 1 rings (SSSR count). The van der Waals surface area contributed by atoms with Gasteiger partial charge in [-0.05, 0) is 37.5 Å². The molecular weight excluding hydrogens is 179 g/mol. The van der Waals surface area contributed by atoms with Gasteiger partial charge in [0, 0.05) is 0 Å². The molecule has 0 N–H and O–H groups in total. The Labute approximate surface area is 81.0 Å². The second-order valence-electron chi connectivity index (χ2n) is 4.06. The van der Waals surface area contributed by atoms with Gasteiger partial charge in [0.05, 0.1) is 0 Å². The van der Waals surface area contributed by atoms with Crippen LogP contribution in [0.15, 0.2) is 30.3 Å². The summed E-state index contributed by atoms with van der Waals surface area (Å²) in [6, 6.07) is 11.1. The minimum absolute atomic E-state index is 0.780. The predicted molar refractivity (Wildman–Crippen MR) is 58.2 cm³/mol. The molecule has 0 aliphatic carbocycles. The van der Waals surface area contributed by atoms with Crippen LogP contribution in [-0.4, -0.2) is 8.41 Å². The number of hydrogen-bond donors (Lipinski definition) is 0. The molecule has 0 unspecified atom stereocenters. The van der Waals surface area contributed by atoms with Crippen molar-refractivity contribution >= 4 is 8.41 Å². The van der Waals surface area contributed by atoms with Crippen molar-refractivity contribution in [2.75, 3.05) is 0 Å². The normalized spacial score (nSPS) is 11.6. The highest BCUT2D eigenvalue weighted by Gasteiger charge is 2.18. The fourth-order valence-electron chi connectivity index (χ4n) is 1.36. The predicted octanol–water partition coefficient (Wildman–Crippen LogP) is 3.79. The minimum atomic E-state index is -2.31. The van der Waals surface area contributed by atoms with Gasteiger partial charge >= 0.3 is 0 Å². The van der Waals surface area contributed by atoms with Crippen molar-refractivity contribution in [3.8, 4) is 0 Å². The highest BCUT2D eigenvalue weighted by molar-refractivity contribution is 6.70. The van der Waals surface area contributed by atoms with Gasteiger partial charge in [0.2, 0.25) is 8.41 Å². The monoisotopic (exact) mass is 196 g/mol. The molecule has 0 nitrogen and oxygen atoms in total. The molecular formula is C11H17FSi. The van der Waals surface area contributed by atoms with E-state index >= 15 is 0 Å². The van der Waals surface area contributed by atoms with Crippen LogP contribution in [0.1, 0.15) is 12.0 Å². The van der Waals surface area contributed by atoms with Crippen LogP contribution in [0.25, 0.3) is 0 Å². The van der Waals surface area contributed by atoms with E-state index in [4.69, 9.17) is 0 Å². The molecule has 0 amide bonds. The second-order valence-corrected chi connectivity index (χ2v) is 8.00. The van der Waals surface area contributed by atoms with Crippen LogP contribution in [0.4, 0.5) is 4.11 Å².